The second-order valence-electron chi connectivity index (χ2n) is 14.2. The molecule has 0 saturated heterocycles. The number of nitrogen functional groups attached to an aromatic ring is 1. The summed E-state index contributed by atoms with van der Waals surface area (Å²) in [5, 5.41) is 2.60. The van der Waals surface area contributed by atoms with Gasteiger partial charge in [-0.2, -0.15) is 0 Å². The molecule has 1 nitrogen and oxygen atoms in total. The third kappa shape index (κ3) is 4.15. The van der Waals surface area contributed by atoms with E-state index in [1.807, 2.05) is 0 Å². The van der Waals surface area contributed by atoms with Crippen LogP contribution >= 0.6 is 0 Å². The van der Waals surface area contributed by atoms with E-state index in [2.05, 4.69) is 146 Å². The fourth-order valence-electron chi connectivity index (χ4n) is 6.49. The smallest absolute Gasteiger partial charge is 0.0317 e. The predicted molar refractivity (Wildman–Crippen MR) is 174 cm³/mol. The van der Waals surface area contributed by atoms with E-state index in [1.165, 1.54) is 66.4 Å². The zero-order valence-electron chi connectivity index (χ0n) is 25.2. The lowest BCUT2D eigenvalue weighted by atomic mass is 9.80. The molecule has 2 N–H and O–H groups in total. The van der Waals surface area contributed by atoms with Gasteiger partial charge in [-0.15, -0.1) is 0 Å². The van der Waals surface area contributed by atoms with Crippen LogP contribution in [0.2, 0.25) is 0 Å². The second-order valence-corrected chi connectivity index (χ2v) is 14.2. The van der Waals surface area contributed by atoms with Crippen molar-refractivity contribution >= 4 is 16.5 Å². The molecule has 0 radical (unpaired) electrons. The molecule has 0 atom stereocenters. The van der Waals surface area contributed by atoms with Gasteiger partial charge in [-0.05, 0) is 89.4 Å². The molecule has 0 amide bonds. The lowest BCUT2D eigenvalue weighted by Crippen LogP contribution is -2.15. The molecule has 1 aliphatic carbocycles. The summed E-state index contributed by atoms with van der Waals surface area (Å²) >= 11 is 0. The topological polar surface area (TPSA) is 26.0 Å². The van der Waals surface area contributed by atoms with Crippen LogP contribution in [0.25, 0.3) is 44.2 Å². The van der Waals surface area contributed by atoms with Gasteiger partial charge in [0.05, 0.1) is 0 Å². The van der Waals surface area contributed by atoms with Gasteiger partial charge in [0.2, 0.25) is 0 Å². The Balaban J connectivity index is 1.71. The van der Waals surface area contributed by atoms with Crippen LogP contribution in [0.3, 0.4) is 0 Å². The van der Waals surface area contributed by atoms with Crippen molar-refractivity contribution in [2.24, 2.45) is 0 Å². The minimum atomic E-state index is -0.119. The fourth-order valence-corrected chi connectivity index (χ4v) is 6.49. The van der Waals surface area contributed by atoms with E-state index in [1.54, 1.807) is 0 Å². The Kier molecular flexibility index (Phi) is 5.83. The first-order valence-electron chi connectivity index (χ1n) is 14.5. The molecule has 0 bridgehead atoms. The summed E-state index contributed by atoms with van der Waals surface area (Å²) in [4.78, 5) is 0. The molecule has 40 heavy (non-hydrogen) atoms. The van der Waals surface area contributed by atoms with Gasteiger partial charge in [0.15, 0.2) is 0 Å². The Morgan fingerprint density at radius 3 is 1.62 bits per heavy atom. The molecule has 0 aromatic heterocycles. The highest BCUT2D eigenvalue weighted by Gasteiger charge is 2.37. The summed E-state index contributed by atoms with van der Waals surface area (Å²) < 4.78 is 0. The van der Waals surface area contributed by atoms with Crippen molar-refractivity contribution < 1.29 is 0 Å². The third-order valence-electron chi connectivity index (χ3n) is 8.95. The molecule has 6 rings (SSSR count). The Morgan fingerprint density at radius 1 is 0.525 bits per heavy atom. The molecule has 5 aromatic carbocycles. The van der Waals surface area contributed by atoms with Gasteiger partial charge in [-0.1, -0.05) is 134 Å². The zero-order chi connectivity index (χ0) is 28.6. The van der Waals surface area contributed by atoms with E-state index in [4.69, 9.17) is 5.73 Å². The van der Waals surface area contributed by atoms with Crippen molar-refractivity contribution in [1.29, 1.82) is 0 Å². The molecule has 1 heteroatoms. The van der Waals surface area contributed by atoms with Crippen LogP contribution in [0.4, 0.5) is 5.69 Å². The van der Waals surface area contributed by atoms with Crippen molar-refractivity contribution in [2.75, 3.05) is 5.73 Å². The summed E-state index contributed by atoms with van der Waals surface area (Å²) in [5.74, 6) is 0. The molecular weight excluding hydrogens is 482 g/mol. The van der Waals surface area contributed by atoms with Crippen molar-refractivity contribution in [3.8, 4) is 33.4 Å². The highest BCUT2D eigenvalue weighted by Crippen LogP contribution is 2.54. The van der Waals surface area contributed by atoms with Gasteiger partial charge in [0.25, 0.3) is 0 Å². The maximum atomic E-state index is 6.31. The van der Waals surface area contributed by atoms with E-state index < -0.39 is 0 Å². The zero-order valence-corrected chi connectivity index (χ0v) is 25.2. The average Bonchev–Trinajstić information content (AvgIpc) is 3.13. The van der Waals surface area contributed by atoms with E-state index in [0.29, 0.717) is 0 Å². The van der Waals surface area contributed by atoms with Gasteiger partial charge in [0.1, 0.15) is 0 Å². The highest BCUT2D eigenvalue weighted by atomic mass is 14.6. The first-order valence-corrected chi connectivity index (χ1v) is 14.5. The molecule has 1 aliphatic rings. The van der Waals surface area contributed by atoms with Crippen LogP contribution < -0.4 is 5.73 Å². The largest absolute Gasteiger partial charge is 0.399 e. The molecule has 202 valence electrons. The molecule has 0 saturated carbocycles. The van der Waals surface area contributed by atoms with Crippen LogP contribution in [0.5, 0.6) is 0 Å². The van der Waals surface area contributed by atoms with E-state index in [-0.39, 0.29) is 16.2 Å². The molecule has 5 aromatic rings. The van der Waals surface area contributed by atoms with Crippen LogP contribution in [0.1, 0.15) is 77.6 Å². The molecule has 0 aliphatic heterocycles. The third-order valence-corrected chi connectivity index (χ3v) is 8.95. The summed E-state index contributed by atoms with van der Waals surface area (Å²) in [7, 11) is 0. The van der Waals surface area contributed by atoms with Gasteiger partial charge in [-0.3, -0.25) is 0 Å². The van der Waals surface area contributed by atoms with E-state index >= 15 is 0 Å². The monoisotopic (exact) mass is 523 g/mol. The number of anilines is 1. The van der Waals surface area contributed by atoms with Crippen LogP contribution in [-0.2, 0) is 16.2 Å². The Bertz CT molecular complexity index is 1750. The maximum Gasteiger partial charge on any atom is 0.0317 e. The van der Waals surface area contributed by atoms with Crippen LogP contribution in [0.15, 0.2) is 91.0 Å². The van der Waals surface area contributed by atoms with Gasteiger partial charge in [0, 0.05) is 11.1 Å². The Hall–Kier alpha value is -3.84. The number of rotatable bonds is 2. The second kappa shape index (κ2) is 8.83. The summed E-state index contributed by atoms with van der Waals surface area (Å²) in [6.07, 6.45) is 0. The lowest BCUT2D eigenvalue weighted by Gasteiger charge is -2.23. The first-order chi connectivity index (χ1) is 18.8. The van der Waals surface area contributed by atoms with E-state index in [9.17, 15) is 0 Å². The fraction of sp³-hybridized carbons (Fsp3) is 0.282. The summed E-state index contributed by atoms with van der Waals surface area (Å²) in [6, 6.07) is 34.2. The summed E-state index contributed by atoms with van der Waals surface area (Å²) in [5.41, 5.74) is 20.3. The normalized spacial score (nSPS) is 14.3. The number of benzene rings is 5. The Morgan fingerprint density at radius 2 is 1.05 bits per heavy atom. The molecule has 0 fully saturated rings. The van der Waals surface area contributed by atoms with Crippen molar-refractivity contribution in [3.05, 3.63) is 113 Å². The molecule has 0 spiro atoms. The molecule has 0 unspecified atom stereocenters. The maximum absolute atomic E-state index is 6.31. The number of hydrogen-bond acceptors (Lipinski definition) is 1. The Labute approximate surface area is 240 Å². The average molecular weight is 524 g/mol. The molecule has 0 heterocycles. The van der Waals surface area contributed by atoms with Crippen molar-refractivity contribution in [2.45, 2.75) is 71.6 Å². The minimum Gasteiger partial charge on any atom is -0.399 e. The molecular formula is C39H41N. The van der Waals surface area contributed by atoms with Gasteiger partial charge < -0.3 is 5.73 Å². The quantitative estimate of drug-likeness (QED) is 0.229. The number of hydrogen-bond donors (Lipinski definition) is 1. The number of nitrogens with two attached hydrogens (primary N) is 1. The number of fused-ring (bicyclic) bond motifs is 5. The SMILES string of the molecule is CC(C)(C)c1ccc(-c2ccc3ccc4c(c3c2-c2ccc(C(C)(C)C)cc2)-c2ccc(N)cc2C4(C)C)cc1. The first kappa shape index (κ1) is 26.4. The minimum absolute atomic E-state index is 0.104. The van der Waals surface area contributed by atoms with Crippen molar-refractivity contribution in [3.63, 3.8) is 0 Å². The standard InChI is InChI=1S/C39H41N/c1-37(2,3)27-15-9-24(10-16-27)30-20-13-26-14-22-32-36(31-21-19-29(40)23-33(31)39(32,7)8)35(26)34(30)25-11-17-28(18-12-25)38(4,5)6/h9-23H,40H2,1-8H3. The predicted octanol–water partition coefficient (Wildman–Crippen LogP) is 10.7. The van der Waals surface area contributed by atoms with E-state index in [0.717, 1.165) is 5.69 Å². The lowest BCUT2D eigenvalue weighted by molar-refractivity contribution is 0.590. The van der Waals surface area contributed by atoms with Gasteiger partial charge in [-0.25, -0.2) is 0 Å². The van der Waals surface area contributed by atoms with Crippen molar-refractivity contribution in [1.82, 2.24) is 0 Å². The summed E-state index contributed by atoms with van der Waals surface area (Å²) in [6.45, 7) is 18.3. The van der Waals surface area contributed by atoms with Crippen LogP contribution in [-0.4, -0.2) is 0 Å². The van der Waals surface area contributed by atoms with Gasteiger partial charge >= 0.3 is 0 Å². The highest BCUT2D eigenvalue weighted by molar-refractivity contribution is 6.13. The van der Waals surface area contributed by atoms with Crippen LogP contribution in [0, 0.1) is 0 Å².